The smallest absolute Gasteiger partial charge is 0.321 e. The Morgan fingerprint density at radius 2 is 1.93 bits per heavy atom. The lowest BCUT2D eigenvalue weighted by atomic mass is 10.1. The van der Waals surface area contributed by atoms with Crippen molar-refractivity contribution < 1.29 is 14.3 Å². The van der Waals surface area contributed by atoms with Gasteiger partial charge in [0.25, 0.3) is 0 Å². The molecule has 0 unspecified atom stereocenters. The monoisotopic (exact) mass is 370 g/mol. The second-order valence-corrected chi connectivity index (χ2v) is 7.06. The fourth-order valence-corrected chi connectivity index (χ4v) is 3.84. The van der Waals surface area contributed by atoms with Crippen LogP contribution in [0.5, 0.6) is 5.88 Å². The fourth-order valence-electron chi connectivity index (χ4n) is 3.84. The topological polar surface area (TPSA) is 66.9 Å². The van der Waals surface area contributed by atoms with E-state index in [9.17, 15) is 4.79 Å². The highest BCUT2D eigenvalue weighted by Crippen LogP contribution is 2.21. The number of piperazine rings is 1. The van der Waals surface area contributed by atoms with Crippen LogP contribution in [0.1, 0.15) is 12.8 Å². The van der Waals surface area contributed by atoms with E-state index in [2.05, 4.69) is 15.2 Å². The third-order valence-corrected chi connectivity index (χ3v) is 5.43. The maximum Gasteiger partial charge on any atom is 0.321 e. The van der Waals surface area contributed by atoms with Crippen molar-refractivity contribution in [2.75, 3.05) is 51.8 Å². The van der Waals surface area contributed by atoms with Gasteiger partial charge in [0.15, 0.2) is 0 Å². The van der Waals surface area contributed by atoms with Crippen LogP contribution in [0.4, 0.5) is 10.5 Å². The van der Waals surface area contributed by atoms with Crippen LogP contribution in [0, 0.1) is 0 Å². The number of hydrogen-bond donors (Lipinski definition) is 1. The van der Waals surface area contributed by atoms with E-state index in [1.54, 1.807) is 7.11 Å². The summed E-state index contributed by atoms with van der Waals surface area (Å²) >= 11 is 0. The van der Waals surface area contributed by atoms with Crippen molar-refractivity contribution in [1.29, 1.82) is 0 Å². The van der Waals surface area contributed by atoms with Crippen molar-refractivity contribution in [3.63, 3.8) is 0 Å². The van der Waals surface area contributed by atoms with Crippen LogP contribution in [0.15, 0.2) is 30.3 Å². The van der Waals surface area contributed by atoms with Gasteiger partial charge < -0.3 is 19.7 Å². The highest BCUT2D eigenvalue weighted by atomic mass is 16.5. The molecule has 0 saturated carbocycles. The number of methoxy groups -OCH3 is 1. The van der Waals surface area contributed by atoms with Crippen LogP contribution < -0.4 is 10.1 Å². The molecule has 2 aliphatic heterocycles. The maximum atomic E-state index is 12.6. The summed E-state index contributed by atoms with van der Waals surface area (Å²) in [6.45, 7) is 5.09. The van der Waals surface area contributed by atoms with Crippen molar-refractivity contribution in [3.8, 4) is 5.88 Å². The highest BCUT2D eigenvalue weighted by molar-refractivity contribution is 5.92. The number of carbonyl (C=O) groups is 1. The summed E-state index contributed by atoms with van der Waals surface area (Å²) in [6.07, 6.45) is 2.20. The van der Waals surface area contributed by atoms with E-state index >= 15 is 0 Å². The third kappa shape index (κ3) is 4.14. The number of aromatic nitrogens is 1. The molecule has 2 saturated heterocycles. The van der Waals surface area contributed by atoms with Gasteiger partial charge in [-0.25, -0.2) is 9.78 Å². The quantitative estimate of drug-likeness (QED) is 0.899. The van der Waals surface area contributed by atoms with E-state index < -0.39 is 0 Å². The van der Waals surface area contributed by atoms with Gasteiger partial charge in [-0.2, -0.15) is 0 Å². The van der Waals surface area contributed by atoms with Crippen molar-refractivity contribution in [2.24, 2.45) is 0 Å². The van der Waals surface area contributed by atoms with Crippen molar-refractivity contribution >= 4 is 22.6 Å². The summed E-state index contributed by atoms with van der Waals surface area (Å²) in [4.78, 5) is 21.4. The zero-order valence-corrected chi connectivity index (χ0v) is 15.7. The minimum atomic E-state index is -0.0394. The van der Waals surface area contributed by atoms with Crippen molar-refractivity contribution in [3.05, 3.63) is 30.3 Å². The number of nitrogens with zero attached hydrogens (tertiary/aromatic N) is 3. The number of urea groups is 1. The molecule has 0 spiro atoms. The molecule has 0 radical (unpaired) electrons. The van der Waals surface area contributed by atoms with Crippen LogP contribution in [0.3, 0.4) is 0 Å². The number of benzene rings is 1. The predicted molar refractivity (Wildman–Crippen MR) is 104 cm³/mol. The maximum absolute atomic E-state index is 12.6. The standard InChI is InChI=1S/C20H26N4O3/c1-26-19-5-2-15-14-16(3-4-18(15)22-19)21-20(25)24-10-8-23(9-11-24)17-6-12-27-13-7-17/h2-5,14,17H,6-13H2,1H3,(H,21,25). The Balaban J connectivity index is 1.34. The first-order chi connectivity index (χ1) is 13.2. The second-order valence-electron chi connectivity index (χ2n) is 7.06. The molecule has 0 atom stereocenters. The molecular formula is C20H26N4O3. The average molecular weight is 370 g/mol. The molecule has 3 heterocycles. The summed E-state index contributed by atoms with van der Waals surface area (Å²) in [7, 11) is 1.60. The minimum absolute atomic E-state index is 0.0394. The number of carbonyl (C=O) groups excluding carboxylic acids is 1. The number of fused-ring (bicyclic) bond motifs is 1. The number of anilines is 1. The molecule has 144 valence electrons. The van der Waals surface area contributed by atoms with Gasteiger partial charge in [-0.05, 0) is 37.1 Å². The SMILES string of the molecule is COc1ccc2cc(NC(=O)N3CCN(C4CCOCC4)CC3)ccc2n1. The van der Waals surface area contributed by atoms with Crippen LogP contribution in [0.2, 0.25) is 0 Å². The van der Waals surface area contributed by atoms with Gasteiger partial charge in [-0.3, -0.25) is 4.90 Å². The van der Waals surface area contributed by atoms with Gasteiger partial charge >= 0.3 is 6.03 Å². The third-order valence-electron chi connectivity index (χ3n) is 5.43. The molecule has 7 heteroatoms. The first-order valence-corrected chi connectivity index (χ1v) is 9.55. The van der Waals surface area contributed by atoms with Crippen molar-refractivity contribution in [1.82, 2.24) is 14.8 Å². The van der Waals surface area contributed by atoms with E-state index in [0.29, 0.717) is 11.9 Å². The normalized spacial score (nSPS) is 19.2. The van der Waals surface area contributed by atoms with E-state index in [-0.39, 0.29) is 6.03 Å². The zero-order chi connectivity index (χ0) is 18.6. The summed E-state index contributed by atoms with van der Waals surface area (Å²) in [5.74, 6) is 0.585. The van der Waals surface area contributed by atoms with Gasteiger partial charge in [0, 0.05) is 62.6 Å². The lowest BCUT2D eigenvalue weighted by molar-refractivity contribution is 0.0194. The summed E-state index contributed by atoms with van der Waals surface area (Å²) in [5, 5.41) is 3.99. The Kier molecular flexibility index (Phi) is 5.40. The number of nitrogens with one attached hydrogen (secondary N) is 1. The van der Waals surface area contributed by atoms with Crippen LogP contribution in [-0.4, -0.2) is 73.4 Å². The van der Waals surface area contributed by atoms with Crippen LogP contribution >= 0.6 is 0 Å². The van der Waals surface area contributed by atoms with E-state index in [1.165, 1.54) is 0 Å². The zero-order valence-electron chi connectivity index (χ0n) is 15.7. The molecule has 0 aliphatic carbocycles. The van der Waals surface area contributed by atoms with Gasteiger partial charge in [0.1, 0.15) is 0 Å². The number of amides is 2. The minimum Gasteiger partial charge on any atom is -0.481 e. The summed E-state index contributed by atoms with van der Waals surface area (Å²) in [6, 6.07) is 10.1. The molecular weight excluding hydrogens is 344 g/mol. The lowest BCUT2D eigenvalue weighted by Crippen LogP contribution is -2.53. The van der Waals surface area contributed by atoms with E-state index in [1.807, 2.05) is 35.2 Å². The van der Waals surface area contributed by atoms with Gasteiger partial charge in [0.05, 0.1) is 12.6 Å². The summed E-state index contributed by atoms with van der Waals surface area (Å²) in [5.41, 5.74) is 1.63. The Morgan fingerprint density at radius 3 is 2.67 bits per heavy atom. The number of hydrogen-bond acceptors (Lipinski definition) is 5. The first kappa shape index (κ1) is 18.0. The van der Waals surface area contributed by atoms with Crippen LogP contribution in [-0.2, 0) is 4.74 Å². The predicted octanol–water partition coefficient (Wildman–Crippen LogP) is 2.57. The Labute approximate surface area is 159 Å². The number of ether oxygens (including phenoxy) is 2. The fraction of sp³-hybridized carbons (Fsp3) is 0.500. The molecule has 2 amide bonds. The molecule has 2 fully saturated rings. The molecule has 4 rings (SSSR count). The molecule has 1 N–H and O–H groups in total. The Morgan fingerprint density at radius 1 is 1.15 bits per heavy atom. The molecule has 7 nitrogen and oxygen atoms in total. The molecule has 0 bridgehead atoms. The number of rotatable bonds is 3. The second kappa shape index (κ2) is 8.10. The van der Waals surface area contributed by atoms with Crippen LogP contribution in [0.25, 0.3) is 10.9 Å². The molecule has 1 aromatic carbocycles. The number of pyridine rings is 1. The Hall–Kier alpha value is -2.38. The van der Waals surface area contributed by atoms with Crippen molar-refractivity contribution in [2.45, 2.75) is 18.9 Å². The van der Waals surface area contributed by atoms with Gasteiger partial charge in [0.2, 0.25) is 5.88 Å². The molecule has 2 aromatic rings. The van der Waals surface area contributed by atoms with E-state index in [4.69, 9.17) is 9.47 Å². The lowest BCUT2D eigenvalue weighted by Gasteiger charge is -2.40. The molecule has 1 aromatic heterocycles. The Bertz CT molecular complexity index is 799. The highest BCUT2D eigenvalue weighted by Gasteiger charge is 2.27. The van der Waals surface area contributed by atoms with E-state index in [0.717, 1.165) is 68.8 Å². The van der Waals surface area contributed by atoms with Gasteiger partial charge in [-0.1, -0.05) is 0 Å². The average Bonchev–Trinajstić information content (AvgIpc) is 2.74. The molecule has 2 aliphatic rings. The largest absolute Gasteiger partial charge is 0.481 e. The first-order valence-electron chi connectivity index (χ1n) is 9.55. The van der Waals surface area contributed by atoms with Gasteiger partial charge in [-0.15, -0.1) is 0 Å². The molecule has 27 heavy (non-hydrogen) atoms. The summed E-state index contributed by atoms with van der Waals surface area (Å²) < 4.78 is 10.6.